The lowest BCUT2D eigenvalue weighted by molar-refractivity contribution is -0.138. The van der Waals surface area contributed by atoms with Crippen LogP contribution in [0, 0.1) is 10.5 Å². The molecule has 0 saturated carbocycles. The molecule has 0 heterocycles. The van der Waals surface area contributed by atoms with Crippen molar-refractivity contribution in [3.8, 4) is 0 Å². The average molecular weight is 290 g/mol. The van der Waals surface area contributed by atoms with Gasteiger partial charge in [0.1, 0.15) is 0 Å². The van der Waals surface area contributed by atoms with E-state index in [9.17, 15) is 4.79 Å². The van der Waals surface area contributed by atoms with E-state index in [4.69, 9.17) is 5.11 Å². The smallest absolute Gasteiger partial charge is 0.310 e. The molecule has 13 heavy (non-hydrogen) atoms. The number of aryl methyl sites for hydroxylation is 1. The number of carboxylic acids is 1. The zero-order valence-electron chi connectivity index (χ0n) is 7.54. The fourth-order valence-corrected chi connectivity index (χ4v) is 1.73. The molecule has 1 unspecified atom stereocenters. The molecule has 1 rings (SSSR count). The van der Waals surface area contributed by atoms with E-state index in [-0.39, 0.29) is 0 Å². The largest absolute Gasteiger partial charge is 0.481 e. The van der Waals surface area contributed by atoms with Crippen LogP contribution in [0.4, 0.5) is 0 Å². The zero-order chi connectivity index (χ0) is 10.0. The molecule has 1 aromatic carbocycles. The van der Waals surface area contributed by atoms with Crippen molar-refractivity contribution in [2.45, 2.75) is 19.8 Å². The van der Waals surface area contributed by atoms with Crippen molar-refractivity contribution in [3.63, 3.8) is 0 Å². The standard InChI is InChI=1S/C10H11IO2/c1-6-3-4-8(11)5-9(6)7(2)10(12)13/h3-5,7H,1-2H3,(H,12,13). The summed E-state index contributed by atoms with van der Waals surface area (Å²) in [6, 6.07) is 5.86. The van der Waals surface area contributed by atoms with Gasteiger partial charge in [0, 0.05) is 3.57 Å². The van der Waals surface area contributed by atoms with Crippen LogP contribution in [0.25, 0.3) is 0 Å². The molecule has 0 fully saturated rings. The first kappa shape index (κ1) is 10.5. The maximum atomic E-state index is 10.8. The second-order valence-corrected chi connectivity index (χ2v) is 4.31. The Labute approximate surface area is 91.1 Å². The normalized spacial score (nSPS) is 12.5. The Morgan fingerprint density at radius 1 is 1.54 bits per heavy atom. The van der Waals surface area contributed by atoms with E-state index in [1.54, 1.807) is 6.92 Å². The molecular formula is C10H11IO2. The van der Waals surface area contributed by atoms with Gasteiger partial charge in [0.2, 0.25) is 0 Å². The highest BCUT2D eigenvalue weighted by molar-refractivity contribution is 14.1. The molecule has 3 heteroatoms. The van der Waals surface area contributed by atoms with E-state index in [2.05, 4.69) is 22.6 Å². The zero-order valence-corrected chi connectivity index (χ0v) is 9.70. The fourth-order valence-electron chi connectivity index (χ4n) is 1.21. The predicted octanol–water partition coefficient (Wildman–Crippen LogP) is 2.79. The van der Waals surface area contributed by atoms with Crippen LogP contribution in [-0.4, -0.2) is 11.1 Å². The van der Waals surface area contributed by atoms with Crippen LogP contribution in [0.3, 0.4) is 0 Å². The van der Waals surface area contributed by atoms with Gasteiger partial charge in [-0.2, -0.15) is 0 Å². The van der Waals surface area contributed by atoms with Crippen LogP contribution in [0.1, 0.15) is 24.0 Å². The number of halogens is 1. The monoisotopic (exact) mass is 290 g/mol. The van der Waals surface area contributed by atoms with Gasteiger partial charge in [-0.1, -0.05) is 6.07 Å². The Bertz CT molecular complexity index is 334. The molecule has 1 N–H and O–H groups in total. The van der Waals surface area contributed by atoms with Crippen LogP contribution < -0.4 is 0 Å². The lowest BCUT2D eigenvalue weighted by Gasteiger charge is -2.10. The van der Waals surface area contributed by atoms with Crippen LogP contribution in [0.5, 0.6) is 0 Å². The van der Waals surface area contributed by atoms with E-state index >= 15 is 0 Å². The molecule has 0 spiro atoms. The molecular weight excluding hydrogens is 279 g/mol. The average Bonchev–Trinajstić information content (AvgIpc) is 2.08. The Morgan fingerprint density at radius 2 is 2.15 bits per heavy atom. The van der Waals surface area contributed by atoms with E-state index in [0.717, 1.165) is 14.7 Å². The van der Waals surface area contributed by atoms with Crippen LogP contribution in [0.2, 0.25) is 0 Å². The minimum atomic E-state index is -0.773. The number of benzene rings is 1. The van der Waals surface area contributed by atoms with Crippen molar-refractivity contribution in [2.75, 3.05) is 0 Å². The summed E-state index contributed by atoms with van der Waals surface area (Å²) in [4.78, 5) is 10.8. The Morgan fingerprint density at radius 3 is 2.69 bits per heavy atom. The minimum absolute atomic E-state index is 0.422. The summed E-state index contributed by atoms with van der Waals surface area (Å²) in [5.74, 6) is -1.19. The van der Waals surface area contributed by atoms with Crippen molar-refractivity contribution in [2.24, 2.45) is 0 Å². The van der Waals surface area contributed by atoms with Gasteiger partial charge < -0.3 is 5.11 Å². The van der Waals surface area contributed by atoms with Gasteiger partial charge in [0.05, 0.1) is 5.92 Å². The number of hydrogen-bond donors (Lipinski definition) is 1. The third-order valence-corrected chi connectivity index (χ3v) is 2.75. The molecule has 0 amide bonds. The predicted molar refractivity (Wildman–Crippen MR) is 59.9 cm³/mol. The van der Waals surface area contributed by atoms with Crippen LogP contribution >= 0.6 is 22.6 Å². The van der Waals surface area contributed by atoms with Gasteiger partial charge in [-0.15, -0.1) is 0 Å². The summed E-state index contributed by atoms with van der Waals surface area (Å²) in [5, 5.41) is 8.85. The Hall–Kier alpha value is -0.580. The molecule has 0 aliphatic heterocycles. The first-order valence-corrected chi connectivity index (χ1v) is 5.09. The van der Waals surface area contributed by atoms with Gasteiger partial charge in [-0.05, 0) is 59.7 Å². The highest BCUT2D eigenvalue weighted by atomic mass is 127. The highest BCUT2D eigenvalue weighted by Crippen LogP contribution is 2.21. The van der Waals surface area contributed by atoms with Crippen LogP contribution in [-0.2, 0) is 4.79 Å². The SMILES string of the molecule is Cc1ccc(I)cc1C(C)C(=O)O. The lowest BCUT2D eigenvalue weighted by atomic mass is 9.97. The molecule has 0 aromatic heterocycles. The van der Waals surface area contributed by atoms with Gasteiger partial charge in [0.25, 0.3) is 0 Å². The number of rotatable bonds is 2. The maximum absolute atomic E-state index is 10.8. The van der Waals surface area contributed by atoms with E-state index in [0.29, 0.717) is 0 Å². The topological polar surface area (TPSA) is 37.3 Å². The maximum Gasteiger partial charge on any atom is 0.310 e. The van der Waals surface area contributed by atoms with Gasteiger partial charge >= 0.3 is 5.97 Å². The molecule has 0 saturated heterocycles. The molecule has 0 aliphatic rings. The van der Waals surface area contributed by atoms with Crippen molar-refractivity contribution in [1.82, 2.24) is 0 Å². The van der Waals surface area contributed by atoms with Crippen molar-refractivity contribution < 1.29 is 9.90 Å². The molecule has 0 bridgehead atoms. The summed E-state index contributed by atoms with van der Waals surface area (Å²) >= 11 is 2.19. The van der Waals surface area contributed by atoms with E-state index in [1.165, 1.54) is 0 Å². The third-order valence-electron chi connectivity index (χ3n) is 2.08. The number of carbonyl (C=O) groups is 1. The summed E-state index contributed by atoms with van der Waals surface area (Å²) in [7, 11) is 0. The van der Waals surface area contributed by atoms with Gasteiger partial charge in [-0.3, -0.25) is 4.79 Å². The van der Waals surface area contributed by atoms with Gasteiger partial charge in [0.15, 0.2) is 0 Å². The van der Waals surface area contributed by atoms with E-state index < -0.39 is 11.9 Å². The number of carboxylic acid groups (broad SMARTS) is 1. The van der Waals surface area contributed by atoms with Crippen molar-refractivity contribution in [3.05, 3.63) is 32.9 Å². The molecule has 70 valence electrons. The lowest BCUT2D eigenvalue weighted by Crippen LogP contribution is -2.09. The van der Waals surface area contributed by atoms with Crippen LogP contribution in [0.15, 0.2) is 18.2 Å². The summed E-state index contributed by atoms with van der Waals surface area (Å²) in [6.07, 6.45) is 0. The van der Waals surface area contributed by atoms with Crippen molar-refractivity contribution in [1.29, 1.82) is 0 Å². The molecule has 0 aliphatic carbocycles. The third kappa shape index (κ3) is 2.43. The first-order chi connectivity index (χ1) is 6.02. The summed E-state index contributed by atoms with van der Waals surface area (Å²) in [6.45, 7) is 3.64. The van der Waals surface area contributed by atoms with E-state index in [1.807, 2.05) is 25.1 Å². The quantitative estimate of drug-likeness (QED) is 0.850. The van der Waals surface area contributed by atoms with Gasteiger partial charge in [-0.25, -0.2) is 0 Å². The molecule has 1 atom stereocenters. The Kier molecular flexibility index (Phi) is 3.30. The second kappa shape index (κ2) is 4.09. The number of hydrogen-bond acceptors (Lipinski definition) is 1. The highest BCUT2D eigenvalue weighted by Gasteiger charge is 2.15. The molecule has 1 aromatic rings. The fraction of sp³-hybridized carbons (Fsp3) is 0.300. The molecule has 0 radical (unpaired) electrons. The Balaban J connectivity index is 3.12. The summed E-state index contributed by atoms with van der Waals surface area (Å²) in [5.41, 5.74) is 1.94. The number of aliphatic carboxylic acids is 1. The molecule has 2 nitrogen and oxygen atoms in total. The summed E-state index contributed by atoms with van der Waals surface area (Å²) < 4.78 is 1.08. The minimum Gasteiger partial charge on any atom is -0.481 e. The first-order valence-electron chi connectivity index (χ1n) is 4.01. The van der Waals surface area contributed by atoms with Crippen molar-refractivity contribution >= 4 is 28.6 Å². The second-order valence-electron chi connectivity index (χ2n) is 3.06.